The van der Waals surface area contributed by atoms with Crippen molar-refractivity contribution in [3.63, 3.8) is 0 Å². The van der Waals surface area contributed by atoms with Crippen LogP contribution in [0.3, 0.4) is 0 Å². The number of hydrogen-bond donors (Lipinski definition) is 7. The van der Waals surface area contributed by atoms with E-state index in [0.29, 0.717) is 55.9 Å². The van der Waals surface area contributed by atoms with Gasteiger partial charge in [-0.25, -0.2) is 0 Å². The third kappa shape index (κ3) is 5.76. The molecule has 1 aliphatic heterocycles. The van der Waals surface area contributed by atoms with Gasteiger partial charge in [0.05, 0.1) is 5.92 Å². The van der Waals surface area contributed by atoms with Gasteiger partial charge < -0.3 is 44.9 Å². The van der Waals surface area contributed by atoms with Crippen molar-refractivity contribution in [3.05, 3.63) is 143 Å². The first kappa shape index (κ1) is 31.3. The molecule has 6 aromatic carbocycles. The molecule has 7 aromatic rings. The van der Waals surface area contributed by atoms with Crippen molar-refractivity contribution in [3.8, 4) is 68.4 Å². The molecule has 1 aromatic heterocycles. The summed E-state index contributed by atoms with van der Waals surface area (Å²) in [4.78, 5) is 0. The summed E-state index contributed by atoms with van der Waals surface area (Å²) in [6.45, 7) is 0. The van der Waals surface area contributed by atoms with Crippen LogP contribution >= 0.6 is 0 Å². The Morgan fingerprint density at radius 2 is 1.04 bits per heavy atom. The summed E-state index contributed by atoms with van der Waals surface area (Å²) in [5.74, 6) is -0.0882. The number of furan rings is 1. The summed E-state index contributed by atoms with van der Waals surface area (Å²) >= 11 is 0. The number of phenols is 7. The molecule has 0 aliphatic carbocycles. The Kier molecular flexibility index (Phi) is 7.45. The minimum absolute atomic E-state index is 0.0637. The molecule has 0 unspecified atom stereocenters. The van der Waals surface area contributed by atoms with Gasteiger partial charge in [-0.3, -0.25) is 0 Å². The molecule has 0 amide bonds. The van der Waals surface area contributed by atoms with Gasteiger partial charge in [0.1, 0.15) is 63.4 Å². The Labute approximate surface area is 291 Å². The molecule has 0 spiro atoms. The van der Waals surface area contributed by atoms with Crippen molar-refractivity contribution in [2.24, 2.45) is 0 Å². The average Bonchev–Trinajstić information content (AvgIpc) is 3.66. The van der Waals surface area contributed by atoms with Crippen molar-refractivity contribution < 1.29 is 44.9 Å². The molecule has 9 heteroatoms. The third-order valence-electron chi connectivity index (χ3n) is 9.05. The minimum atomic E-state index is -0.668. The smallest absolute Gasteiger partial charge is 0.143 e. The minimum Gasteiger partial charge on any atom is -0.508 e. The van der Waals surface area contributed by atoms with Gasteiger partial charge in [0, 0.05) is 40.3 Å². The highest BCUT2D eigenvalue weighted by Crippen LogP contribution is 2.56. The maximum absolute atomic E-state index is 10.7. The largest absolute Gasteiger partial charge is 0.508 e. The summed E-state index contributed by atoms with van der Waals surface area (Å²) in [5.41, 5.74) is 5.44. The van der Waals surface area contributed by atoms with Crippen LogP contribution in [0, 0.1) is 0 Å². The SMILES string of the molecule is Oc1ccc(/C=C/c2c3c(cc4oc(-c5ccc(O)cc5)c(-c5cc(O)cc(O)c5)c24)O[C@H](c2ccc(O)cc2)[C@@H]3c2cc(O)cc(O)c2)cc1. The molecular formula is C42H30O9. The van der Waals surface area contributed by atoms with E-state index in [9.17, 15) is 35.7 Å². The molecular weight excluding hydrogens is 648 g/mol. The van der Waals surface area contributed by atoms with Crippen molar-refractivity contribution in [1.29, 1.82) is 0 Å². The molecule has 7 N–H and O–H groups in total. The predicted molar refractivity (Wildman–Crippen MR) is 192 cm³/mol. The Bertz CT molecular complexity index is 2420. The normalized spacial score (nSPS) is 15.3. The Morgan fingerprint density at radius 3 is 1.65 bits per heavy atom. The van der Waals surface area contributed by atoms with Gasteiger partial charge in [-0.15, -0.1) is 0 Å². The Balaban J connectivity index is 1.49. The van der Waals surface area contributed by atoms with Crippen LogP contribution in [0.2, 0.25) is 0 Å². The van der Waals surface area contributed by atoms with Crippen LogP contribution in [0.25, 0.3) is 45.6 Å². The van der Waals surface area contributed by atoms with Crippen molar-refractivity contribution in [1.82, 2.24) is 0 Å². The van der Waals surface area contributed by atoms with Crippen LogP contribution in [0.1, 0.15) is 39.8 Å². The van der Waals surface area contributed by atoms with Crippen LogP contribution in [-0.4, -0.2) is 35.7 Å². The zero-order chi connectivity index (χ0) is 35.4. The first-order valence-electron chi connectivity index (χ1n) is 16.0. The molecule has 2 atom stereocenters. The fourth-order valence-electron chi connectivity index (χ4n) is 6.89. The van der Waals surface area contributed by atoms with E-state index in [1.807, 2.05) is 12.2 Å². The van der Waals surface area contributed by atoms with E-state index >= 15 is 0 Å². The molecule has 8 rings (SSSR count). The van der Waals surface area contributed by atoms with Gasteiger partial charge in [0.2, 0.25) is 0 Å². The summed E-state index contributed by atoms with van der Waals surface area (Å²) in [5, 5.41) is 73.3. The zero-order valence-electron chi connectivity index (χ0n) is 26.7. The fourth-order valence-corrected chi connectivity index (χ4v) is 6.89. The zero-order valence-corrected chi connectivity index (χ0v) is 26.7. The third-order valence-corrected chi connectivity index (χ3v) is 9.05. The highest BCUT2D eigenvalue weighted by atomic mass is 16.5. The number of ether oxygens (including phenoxy) is 1. The number of aromatic hydroxyl groups is 7. The average molecular weight is 679 g/mol. The highest BCUT2D eigenvalue weighted by Gasteiger charge is 2.41. The second-order valence-corrected chi connectivity index (χ2v) is 12.5. The predicted octanol–water partition coefficient (Wildman–Crippen LogP) is 9.14. The van der Waals surface area contributed by atoms with E-state index in [1.54, 1.807) is 78.9 Å². The van der Waals surface area contributed by atoms with Crippen LogP contribution in [0.4, 0.5) is 0 Å². The van der Waals surface area contributed by atoms with E-state index in [1.165, 1.54) is 36.4 Å². The van der Waals surface area contributed by atoms with Gasteiger partial charge in [0.15, 0.2) is 0 Å². The molecule has 9 nitrogen and oxygen atoms in total. The lowest BCUT2D eigenvalue weighted by Gasteiger charge is -2.21. The van der Waals surface area contributed by atoms with Crippen molar-refractivity contribution in [2.45, 2.75) is 12.0 Å². The molecule has 0 saturated heterocycles. The lowest BCUT2D eigenvalue weighted by molar-refractivity contribution is 0.222. The maximum atomic E-state index is 10.7. The summed E-state index contributed by atoms with van der Waals surface area (Å²) in [7, 11) is 0. The monoisotopic (exact) mass is 678 g/mol. The van der Waals surface area contributed by atoms with Crippen molar-refractivity contribution >= 4 is 23.1 Å². The summed E-state index contributed by atoms with van der Waals surface area (Å²) in [6, 6.07) is 30.2. The van der Waals surface area contributed by atoms with Crippen LogP contribution in [0.5, 0.6) is 46.0 Å². The maximum Gasteiger partial charge on any atom is 0.143 e. The lowest BCUT2D eigenvalue weighted by Crippen LogP contribution is -2.12. The van der Waals surface area contributed by atoms with E-state index in [0.717, 1.165) is 11.1 Å². The number of hydrogen-bond acceptors (Lipinski definition) is 9. The van der Waals surface area contributed by atoms with E-state index < -0.39 is 12.0 Å². The molecule has 0 bridgehead atoms. The van der Waals surface area contributed by atoms with Crippen LogP contribution < -0.4 is 4.74 Å². The molecule has 0 radical (unpaired) electrons. The summed E-state index contributed by atoms with van der Waals surface area (Å²) in [6.07, 6.45) is 3.10. The van der Waals surface area contributed by atoms with Gasteiger partial charge in [0.25, 0.3) is 0 Å². The van der Waals surface area contributed by atoms with E-state index in [2.05, 4.69) is 0 Å². The standard InChI is InChI=1S/C42H30O9/c43-27-8-1-22(2-9-27)3-14-34-39-35(50-41(23-4-10-28(44)11-5-23)37(39)25-15-30(46)19-31(47)16-25)21-36-40(34)38(26-17-32(48)20-33(49)18-26)42(51-36)24-6-12-29(45)13-7-24/h1-21,37,41,43-49H/b14-3+/t37-,41-/m1/s1. The Morgan fingerprint density at radius 1 is 0.490 bits per heavy atom. The molecule has 252 valence electrons. The highest BCUT2D eigenvalue weighted by molar-refractivity contribution is 6.08. The topological polar surface area (TPSA) is 164 Å². The fraction of sp³-hybridized carbons (Fsp3) is 0.0476. The molecule has 0 saturated carbocycles. The van der Waals surface area contributed by atoms with Crippen LogP contribution in [-0.2, 0) is 0 Å². The molecule has 1 aliphatic rings. The first-order chi connectivity index (χ1) is 24.6. The number of benzene rings is 6. The van der Waals surface area contributed by atoms with Gasteiger partial charge in [-0.05, 0) is 101 Å². The first-order valence-corrected chi connectivity index (χ1v) is 16.0. The number of rotatable bonds is 6. The van der Waals surface area contributed by atoms with E-state index in [-0.39, 0.29) is 40.2 Å². The summed E-state index contributed by atoms with van der Waals surface area (Å²) < 4.78 is 13.3. The molecule has 51 heavy (non-hydrogen) atoms. The second-order valence-electron chi connectivity index (χ2n) is 12.5. The Hall–Kier alpha value is -7.00. The van der Waals surface area contributed by atoms with Gasteiger partial charge in [-0.2, -0.15) is 0 Å². The van der Waals surface area contributed by atoms with Crippen LogP contribution in [0.15, 0.2) is 120 Å². The molecule has 0 fully saturated rings. The van der Waals surface area contributed by atoms with E-state index in [4.69, 9.17) is 9.15 Å². The lowest BCUT2D eigenvalue weighted by atomic mass is 9.81. The number of phenolic OH excluding ortho intramolecular Hbond substituents is 7. The van der Waals surface area contributed by atoms with Gasteiger partial charge >= 0.3 is 0 Å². The quantitative estimate of drug-likeness (QED) is 0.0850. The second kappa shape index (κ2) is 12.2. The molecule has 2 heterocycles. The number of fused-ring (bicyclic) bond motifs is 2. The van der Waals surface area contributed by atoms with Gasteiger partial charge in [-0.1, -0.05) is 36.4 Å². The van der Waals surface area contributed by atoms with Crippen molar-refractivity contribution in [2.75, 3.05) is 0 Å².